The van der Waals surface area contributed by atoms with Crippen LogP contribution in [0.1, 0.15) is 89.4 Å². The summed E-state index contributed by atoms with van der Waals surface area (Å²) in [5.41, 5.74) is 5.82. The highest BCUT2D eigenvalue weighted by molar-refractivity contribution is 6.06. The molecule has 8 nitrogen and oxygen atoms in total. The lowest BCUT2D eigenvalue weighted by molar-refractivity contribution is 0.0935. The maximum Gasteiger partial charge on any atom is 0.255 e. The van der Waals surface area contributed by atoms with Crippen molar-refractivity contribution in [1.82, 2.24) is 20.6 Å². The quantitative estimate of drug-likeness (QED) is 0.211. The first-order valence-corrected chi connectivity index (χ1v) is 14.7. The zero-order valence-corrected chi connectivity index (χ0v) is 26.5. The minimum atomic E-state index is -0.347. The number of benzene rings is 2. The lowest BCUT2D eigenvalue weighted by Crippen LogP contribution is -2.32. The van der Waals surface area contributed by atoms with Crippen LogP contribution in [0.4, 0.5) is 5.69 Å². The molecule has 2 aromatic carbocycles. The molecule has 0 aliphatic rings. The largest absolute Gasteiger partial charge is 0.352 e. The Kier molecular flexibility index (Phi) is 9.62. The van der Waals surface area contributed by atoms with E-state index in [4.69, 9.17) is 0 Å². The van der Waals surface area contributed by atoms with E-state index in [2.05, 4.69) is 46.7 Å². The Morgan fingerprint density at radius 3 is 2.02 bits per heavy atom. The van der Waals surface area contributed by atoms with Crippen molar-refractivity contribution < 1.29 is 14.4 Å². The summed E-state index contributed by atoms with van der Waals surface area (Å²) in [4.78, 5) is 47.8. The number of aromatic nitrogens is 2. The summed E-state index contributed by atoms with van der Waals surface area (Å²) in [6, 6.07) is 18.2. The minimum Gasteiger partial charge on any atom is -0.352 e. The molecule has 2 aromatic heterocycles. The van der Waals surface area contributed by atoms with Crippen LogP contribution in [-0.2, 0) is 12.0 Å². The number of rotatable bonds is 8. The highest BCUT2D eigenvalue weighted by atomic mass is 16.2. The van der Waals surface area contributed by atoms with Crippen LogP contribution in [-0.4, -0.2) is 34.2 Å². The number of nitrogens with zero attached hydrogens (tertiary/aromatic N) is 2. The van der Waals surface area contributed by atoms with E-state index in [1.165, 1.54) is 0 Å². The van der Waals surface area contributed by atoms with Crippen LogP contribution in [0.3, 0.4) is 0 Å². The molecule has 0 unspecified atom stereocenters. The van der Waals surface area contributed by atoms with E-state index in [0.717, 1.165) is 27.9 Å². The van der Waals surface area contributed by atoms with Crippen molar-refractivity contribution in [2.75, 3.05) is 11.9 Å². The summed E-state index contributed by atoms with van der Waals surface area (Å²) in [5, 5.41) is 8.84. The molecular weight excluding hydrogens is 550 g/mol. The number of anilines is 1. The Morgan fingerprint density at radius 1 is 0.750 bits per heavy atom. The highest BCUT2D eigenvalue weighted by Gasteiger charge is 2.21. The molecule has 0 aliphatic carbocycles. The second kappa shape index (κ2) is 13.2. The standard InChI is InChI=1S/C36H41N5O3/c1-23-31(25-10-12-26(13-11-25)32(42)40-22-35(2,3)4)18-30(21-38-23)41-34(44)28-15-27(16-29(17-28)36(5,6)7)33(43)39-20-24-9-8-14-37-19-24/h8-19,21H,20,22H2,1-7H3,(H,39,43)(H,40,42)(H,41,44). The van der Waals surface area contributed by atoms with E-state index >= 15 is 0 Å². The van der Waals surface area contributed by atoms with Crippen molar-refractivity contribution in [1.29, 1.82) is 0 Å². The monoisotopic (exact) mass is 591 g/mol. The van der Waals surface area contributed by atoms with Crippen LogP contribution >= 0.6 is 0 Å². The van der Waals surface area contributed by atoms with E-state index in [9.17, 15) is 14.4 Å². The summed E-state index contributed by atoms with van der Waals surface area (Å²) in [7, 11) is 0. The summed E-state index contributed by atoms with van der Waals surface area (Å²) in [6.07, 6.45) is 5.00. The van der Waals surface area contributed by atoms with Crippen molar-refractivity contribution in [3.8, 4) is 11.1 Å². The number of carbonyl (C=O) groups excluding carboxylic acids is 3. The molecule has 0 saturated heterocycles. The molecule has 0 saturated carbocycles. The normalized spacial score (nSPS) is 11.5. The van der Waals surface area contributed by atoms with Crippen LogP contribution in [0.2, 0.25) is 0 Å². The van der Waals surface area contributed by atoms with E-state index in [1.807, 2.05) is 70.2 Å². The predicted octanol–water partition coefficient (Wildman–Crippen LogP) is 6.71. The summed E-state index contributed by atoms with van der Waals surface area (Å²) < 4.78 is 0. The second-order valence-electron chi connectivity index (χ2n) is 13.2. The summed E-state index contributed by atoms with van der Waals surface area (Å²) >= 11 is 0. The number of pyridine rings is 2. The van der Waals surface area contributed by atoms with Crippen molar-refractivity contribution in [2.45, 2.75) is 60.4 Å². The molecule has 44 heavy (non-hydrogen) atoms. The number of hydrogen-bond acceptors (Lipinski definition) is 5. The molecule has 0 fully saturated rings. The van der Waals surface area contributed by atoms with Crippen LogP contribution in [0.15, 0.2) is 79.3 Å². The van der Waals surface area contributed by atoms with Crippen molar-refractivity contribution in [2.24, 2.45) is 5.41 Å². The molecule has 2 heterocycles. The van der Waals surface area contributed by atoms with Crippen molar-refractivity contribution in [3.05, 3.63) is 113 Å². The fourth-order valence-corrected chi connectivity index (χ4v) is 4.46. The SMILES string of the molecule is Cc1ncc(NC(=O)c2cc(C(=O)NCc3cccnc3)cc(C(C)(C)C)c2)cc1-c1ccc(C(=O)NCC(C)(C)C)cc1. The Morgan fingerprint density at radius 2 is 1.41 bits per heavy atom. The van der Waals surface area contributed by atoms with Gasteiger partial charge in [-0.15, -0.1) is 0 Å². The number of hydrogen-bond donors (Lipinski definition) is 3. The predicted molar refractivity (Wildman–Crippen MR) is 175 cm³/mol. The van der Waals surface area contributed by atoms with Crippen LogP contribution in [0, 0.1) is 12.3 Å². The molecule has 4 rings (SSSR count). The smallest absolute Gasteiger partial charge is 0.255 e. The third kappa shape index (κ3) is 8.60. The van der Waals surface area contributed by atoms with E-state index in [-0.39, 0.29) is 28.6 Å². The van der Waals surface area contributed by atoms with Gasteiger partial charge in [0, 0.05) is 53.4 Å². The molecule has 8 heteroatoms. The molecule has 0 bridgehead atoms. The number of aryl methyl sites for hydroxylation is 1. The fourth-order valence-electron chi connectivity index (χ4n) is 4.46. The Labute approximate surface area is 259 Å². The fraction of sp³-hybridized carbons (Fsp3) is 0.306. The van der Waals surface area contributed by atoms with Gasteiger partial charge in [-0.3, -0.25) is 24.4 Å². The van der Waals surface area contributed by atoms with Gasteiger partial charge in [-0.25, -0.2) is 0 Å². The number of carbonyl (C=O) groups is 3. The Hall–Kier alpha value is -4.85. The highest BCUT2D eigenvalue weighted by Crippen LogP contribution is 2.28. The maximum atomic E-state index is 13.5. The first-order valence-electron chi connectivity index (χ1n) is 14.7. The van der Waals surface area contributed by atoms with Gasteiger partial charge in [0.05, 0.1) is 11.9 Å². The molecule has 0 atom stereocenters. The lowest BCUT2D eigenvalue weighted by atomic mass is 9.85. The van der Waals surface area contributed by atoms with E-state index in [0.29, 0.717) is 35.5 Å². The molecule has 0 aliphatic heterocycles. The summed E-state index contributed by atoms with van der Waals surface area (Å²) in [5.74, 6) is -0.742. The van der Waals surface area contributed by atoms with Crippen LogP contribution in [0.25, 0.3) is 11.1 Å². The van der Waals surface area contributed by atoms with Crippen LogP contribution in [0.5, 0.6) is 0 Å². The molecule has 228 valence electrons. The summed E-state index contributed by atoms with van der Waals surface area (Å²) in [6.45, 7) is 15.1. The first-order chi connectivity index (χ1) is 20.7. The van der Waals surface area contributed by atoms with Gasteiger partial charge in [0.15, 0.2) is 0 Å². The molecule has 3 amide bonds. The number of nitrogens with one attached hydrogen (secondary N) is 3. The Balaban J connectivity index is 1.54. The van der Waals surface area contributed by atoms with E-state index < -0.39 is 0 Å². The molecule has 3 N–H and O–H groups in total. The maximum absolute atomic E-state index is 13.5. The first kappa shape index (κ1) is 32.1. The number of amides is 3. The van der Waals surface area contributed by atoms with Gasteiger partial charge in [0.2, 0.25) is 0 Å². The molecule has 4 aromatic rings. The van der Waals surface area contributed by atoms with Crippen LogP contribution < -0.4 is 16.0 Å². The van der Waals surface area contributed by atoms with Gasteiger partial charge in [0.25, 0.3) is 17.7 Å². The van der Waals surface area contributed by atoms with Gasteiger partial charge in [-0.1, -0.05) is 59.7 Å². The van der Waals surface area contributed by atoms with Crippen molar-refractivity contribution in [3.63, 3.8) is 0 Å². The molecule has 0 spiro atoms. The average molecular weight is 592 g/mol. The van der Waals surface area contributed by atoms with Gasteiger partial charge < -0.3 is 16.0 Å². The van der Waals surface area contributed by atoms with E-state index in [1.54, 1.807) is 36.8 Å². The second-order valence-corrected chi connectivity index (χ2v) is 13.2. The van der Waals surface area contributed by atoms with Gasteiger partial charge in [-0.2, -0.15) is 0 Å². The zero-order valence-electron chi connectivity index (χ0n) is 26.5. The Bertz CT molecular complexity index is 1650. The average Bonchev–Trinajstić information content (AvgIpc) is 2.99. The van der Waals surface area contributed by atoms with Gasteiger partial charge in [0.1, 0.15) is 0 Å². The third-order valence-corrected chi connectivity index (χ3v) is 7.08. The zero-order chi connectivity index (χ0) is 32.1. The van der Waals surface area contributed by atoms with Crippen molar-refractivity contribution >= 4 is 23.4 Å². The minimum absolute atomic E-state index is 0.00835. The van der Waals surface area contributed by atoms with Gasteiger partial charge in [-0.05, 0) is 76.9 Å². The molecule has 0 radical (unpaired) electrons. The molecular formula is C36H41N5O3. The third-order valence-electron chi connectivity index (χ3n) is 7.08. The topological polar surface area (TPSA) is 113 Å². The lowest BCUT2D eigenvalue weighted by Gasteiger charge is -2.21. The van der Waals surface area contributed by atoms with Gasteiger partial charge >= 0.3 is 0 Å².